The van der Waals surface area contributed by atoms with Gasteiger partial charge in [-0.3, -0.25) is 4.57 Å². The average molecular weight is 176 g/mol. The molecule has 0 aliphatic rings. The Balaban J connectivity index is 2.53. The second-order valence-corrected chi connectivity index (χ2v) is 2.57. The van der Waals surface area contributed by atoms with E-state index >= 15 is 0 Å². The first kappa shape index (κ1) is 7.66. The molecule has 0 amide bonds. The summed E-state index contributed by atoms with van der Waals surface area (Å²) < 4.78 is 1.67. The molecule has 6 heteroatoms. The van der Waals surface area contributed by atoms with Gasteiger partial charge in [0.25, 0.3) is 0 Å². The van der Waals surface area contributed by atoms with Crippen LogP contribution >= 0.6 is 0 Å². The number of aromatic nitrogens is 5. The molecule has 0 aliphatic heterocycles. The summed E-state index contributed by atoms with van der Waals surface area (Å²) in [5.74, 6) is 1.75. The number of aryl methyl sites for hydroxylation is 1. The first-order chi connectivity index (χ1) is 6.25. The molecule has 2 N–H and O–H groups in total. The summed E-state index contributed by atoms with van der Waals surface area (Å²) >= 11 is 0. The highest BCUT2D eigenvalue weighted by atomic mass is 15.3. The lowest BCUT2D eigenvalue weighted by atomic mass is 10.5. The van der Waals surface area contributed by atoms with E-state index in [-0.39, 0.29) is 0 Å². The molecule has 0 bridgehead atoms. The van der Waals surface area contributed by atoms with E-state index in [9.17, 15) is 0 Å². The van der Waals surface area contributed by atoms with Gasteiger partial charge in [0.15, 0.2) is 0 Å². The molecule has 2 heterocycles. The molecule has 2 aromatic heterocycles. The number of hydrogen-bond donors (Lipinski definition) is 1. The van der Waals surface area contributed by atoms with Crippen molar-refractivity contribution in [3.8, 4) is 5.82 Å². The van der Waals surface area contributed by atoms with Gasteiger partial charge in [-0.15, -0.1) is 10.2 Å². The van der Waals surface area contributed by atoms with Gasteiger partial charge in [-0.1, -0.05) is 0 Å². The van der Waals surface area contributed by atoms with E-state index in [0.717, 1.165) is 0 Å². The van der Waals surface area contributed by atoms with Crippen LogP contribution in [0.2, 0.25) is 0 Å². The summed E-state index contributed by atoms with van der Waals surface area (Å²) in [4.78, 5) is 8.12. The quantitative estimate of drug-likeness (QED) is 0.658. The summed E-state index contributed by atoms with van der Waals surface area (Å²) in [6, 6.07) is 1.66. The van der Waals surface area contributed by atoms with Gasteiger partial charge in [-0.2, -0.15) is 0 Å². The average Bonchev–Trinajstić information content (AvgIpc) is 2.53. The smallest absolute Gasteiger partial charge is 0.144 e. The first-order valence-electron chi connectivity index (χ1n) is 3.72. The highest BCUT2D eigenvalue weighted by Gasteiger charge is 2.00. The summed E-state index contributed by atoms with van der Waals surface area (Å²) in [5, 5.41) is 7.34. The van der Waals surface area contributed by atoms with Crippen LogP contribution in [0.3, 0.4) is 0 Å². The number of nitrogen functional groups attached to an aromatic ring is 1. The van der Waals surface area contributed by atoms with E-state index < -0.39 is 0 Å². The Labute approximate surface area is 74.5 Å². The molecule has 0 fully saturated rings. The van der Waals surface area contributed by atoms with Gasteiger partial charge in [0.05, 0.1) is 0 Å². The maximum atomic E-state index is 5.56. The Kier molecular flexibility index (Phi) is 1.66. The standard InChI is InChI=1S/C7H8N6/c1-5-11-6(8)2-7(12-5)13-3-9-10-4-13/h2-4H,1H3,(H2,8,11,12). The predicted octanol–water partition coefficient (Wildman–Crippen LogP) is -0.0521. The maximum absolute atomic E-state index is 5.56. The maximum Gasteiger partial charge on any atom is 0.144 e. The number of hydrogen-bond acceptors (Lipinski definition) is 5. The number of nitrogens with zero attached hydrogens (tertiary/aromatic N) is 5. The van der Waals surface area contributed by atoms with Gasteiger partial charge in [0.2, 0.25) is 0 Å². The van der Waals surface area contributed by atoms with Gasteiger partial charge in [-0.25, -0.2) is 9.97 Å². The number of anilines is 1. The van der Waals surface area contributed by atoms with Crippen molar-refractivity contribution in [1.29, 1.82) is 0 Å². The third kappa shape index (κ3) is 1.46. The molecule has 13 heavy (non-hydrogen) atoms. The summed E-state index contributed by atoms with van der Waals surface area (Å²) in [7, 11) is 0. The molecule has 0 saturated heterocycles. The third-order valence-electron chi connectivity index (χ3n) is 1.53. The minimum absolute atomic E-state index is 0.441. The molecular weight excluding hydrogens is 168 g/mol. The van der Waals surface area contributed by atoms with E-state index in [2.05, 4.69) is 20.2 Å². The van der Waals surface area contributed by atoms with Crippen molar-refractivity contribution in [1.82, 2.24) is 24.7 Å². The lowest BCUT2D eigenvalue weighted by molar-refractivity contribution is 0.939. The third-order valence-corrected chi connectivity index (χ3v) is 1.53. The fourth-order valence-electron chi connectivity index (χ4n) is 1.03. The van der Waals surface area contributed by atoms with Crippen LogP contribution < -0.4 is 5.73 Å². The van der Waals surface area contributed by atoms with Crippen LogP contribution in [0.4, 0.5) is 5.82 Å². The molecule has 0 atom stereocenters. The van der Waals surface area contributed by atoms with Gasteiger partial charge >= 0.3 is 0 Å². The molecule has 2 rings (SSSR count). The van der Waals surface area contributed by atoms with Crippen molar-refractivity contribution in [3.05, 3.63) is 24.5 Å². The minimum atomic E-state index is 0.441. The Morgan fingerprint density at radius 3 is 2.54 bits per heavy atom. The molecule has 0 aromatic carbocycles. The zero-order valence-electron chi connectivity index (χ0n) is 7.05. The van der Waals surface area contributed by atoms with Crippen LogP contribution in [0.1, 0.15) is 5.82 Å². The highest BCUT2D eigenvalue weighted by molar-refractivity contribution is 5.36. The summed E-state index contributed by atoms with van der Waals surface area (Å²) in [6.45, 7) is 1.78. The van der Waals surface area contributed by atoms with Crippen molar-refractivity contribution in [2.45, 2.75) is 6.92 Å². The highest BCUT2D eigenvalue weighted by Crippen LogP contribution is 2.06. The van der Waals surface area contributed by atoms with Gasteiger partial charge in [0.1, 0.15) is 30.1 Å². The van der Waals surface area contributed by atoms with Crippen LogP contribution in [-0.2, 0) is 0 Å². The van der Waals surface area contributed by atoms with Crippen LogP contribution in [0.25, 0.3) is 5.82 Å². The second-order valence-electron chi connectivity index (χ2n) is 2.57. The molecule has 2 aromatic rings. The topological polar surface area (TPSA) is 82.5 Å². The molecule has 66 valence electrons. The molecule has 0 spiro atoms. The molecule has 0 aliphatic carbocycles. The molecule has 6 nitrogen and oxygen atoms in total. The van der Waals surface area contributed by atoms with E-state index in [4.69, 9.17) is 5.73 Å². The van der Waals surface area contributed by atoms with Crippen LogP contribution in [0.5, 0.6) is 0 Å². The number of nitrogens with two attached hydrogens (primary N) is 1. The SMILES string of the molecule is Cc1nc(N)cc(-n2cnnc2)n1. The lowest BCUT2D eigenvalue weighted by Crippen LogP contribution is -2.01. The van der Waals surface area contributed by atoms with E-state index in [1.807, 2.05) is 0 Å². The molecule has 0 radical (unpaired) electrons. The monoisotopic (exact) mass is 176 g/mol. The van der Waals surface area contributed by atoms with Crippen LogP contribution in [0.15, 0.2) is 18.7 Å². The van der Waals surface area contributed by atoms with E-state index in [1.54, 1.807) is 30.2 Å². The van der Waals surface area contributed by atoms with Crippen LogP contribution in [-0.4, -0.2) is 24.7 Å². The fraction of sp³-hybridized carbons (Fsp3) is 0.143. The van der Waals surface area contributed by atoms with Gasteiger partial charge < -0.3 is 5.73 Å². The normalized spacial score (nSPS) is 10.2. The number of rotatable bonds is 1. The molecule has 0 saturated carbocycles. The fourth-order valence-corrected chi connectivity index (χ4v) is 1.03. The van der Waals surface area contributed by atoms with Crippen molar-refractivity contribution in [2.75, 3.05) is 5.73 Å². The largest absolute Gasteiger partial charge is 0.384 e. The Bertz CT molecular complexity index is 387. The lowest BCUT2D eigenvalue weighted by Gasteiger charge is -2.01. The molecular formula is C7H8N6. The van der Waals surface area contributed by atoms with E-state index in [0.29, 0.717) is 17.5 Å². The Morgan fingerprint density at radius 1 is 1.23 bits per heavy atom. The zero-order chi connectivity index (χ0) is 9.26. The Hall–Kier alpha value is -1.98. The molecule has 0 unspecified atom stereocenters. The second kappa shape index (κ2) is 2.81. The van der Waals surface area contributed by atoms with Crippen molar-refractivity contribution < 1.29 is 0 Å². The Morgan fingerprint density at radius 2 is 1.92 bits per heavy atom. The van der Waals surface area contributed by atoms with Crippen molar-refractivity contribution >= 4 is 5.82 Å². The van der Waals surface area contributed by atoms with Crippen molar-refractivity contribution in [3.63, 3.8) is 0 Å². The minimum Gasteiger partial charge on any atom is -0.384 e. The van der Waals surface area contributed by atoms with Crippen molar-refractivity contribution in [2.24, 2.45) is 0 Å². The van der Waals surface area contributed by atoms with E-state index in [1.165, 1.54) is 0 Å². The van der Waals surface area contributed by atoms with Crippen LogP contribution in [0, 0.1) is 6.92 Å². The predicted molar refractivity (Wildman–Crippen MR) is 46.1 cm³/mol. The van der Waals surface area contributed by atoms with Gasteiger partial charge in [0, 0.05) is 6.07 Å². The summed E-state index contributed by atoms with van der Waals surface area (Å²) in [6.07, 6.45) is 3.11. The first-order valence-corrected chi connectivity index (χ1v) is 3.72. The summed E-state index contributed by atoms with van der Waals surface area (Å²) in [5.41, 5.74) is 5.56. The zero-order valence-corrected chi connectivity index (χ0v) is 7.05. The van der Waals surface area contributed by atoms with Gasteiger partial charge in [-0.05, 0) is 6.92 Å².